The van der Waals surface area contributed by atoms with E-state index in [9.17, 15) is 13.6 Å². The first-order valence-electron chi connectivity index (χ1n) is 9.64. The van der Waals surface area contributed by atoms with Crippen LogP contribution >= 0.6 is 0 Å². The third-order valence-corrected chi connectivity index (χ3v) is 4.90. The van der Waals surface area contributed by atoms with Gasteiger partial charge in [-0.2, -0.15) is 0 Å². The standard InChI is InChI=1S/C24H24F2N2O2/c1-16(19-10-13-21(25)22(26)14-19)27-15-23(29)28-24(17-6-4-3-5-7-17)18-8-11-20(30-2)12-9-18/h3-14,16,24,27H,15H2,1-2H3,(H,28,29)/t16-,24-/m0/s1. The Hall–Kier alpha value is -3.25. The fourth-order valence-electron chi connectivity index (χ4n) is 3.16. The van der Waals surface area contributed by atoms with Crippen LogP contribution in [0.15, 0.2) is 72.8 Å². The molecule has 3 rings (SSSR count). The van der Waals surface area contributed by atoms with Crippen molar-refractivity contribution in [3.8, 4) is 5.75 Å². The number of amides is 1. The number of hydrogen-bond donors (Lipinski definition) is 2. The van der Waals surface area contributed by atoms with Crippen molar-refractivity contribution in [2.75, 3.05) is 13.7 Å². The Bertz CT molecular complexity index is 978. The molecule has 0 unspecified atom stereocenters. The third-order valence-electron chi connectivity index (χ3n) is 4.90. The monoisotopic (exact) mass is 410 g/mol. The van der Waals surface area contributed by atoms with E-state index in [0.717, 1.165) is 29.0 Å². The van der Waals surface area contributed by atoms with Gasteiger partial charge in [0.2, 0.25) is 5.91 Å². The molecule has 3 aromatic carbocycles. The molecular weight excluding hydrogens is 386 g/mol. The minimum Gasteiger partial charge on any atom is -0.497 e. The lowest BCUT2D eigenvalue weighted by atomic mass is 9.98. The number of ether oxygens (including phenoxy) is 1. The maximum atomic E-state index is 13.4. The van der Waals surface area contributed by atoms with E-state index in [-0.39, 0.29) is 24.5 Å². The number of carbonyl (C=O) groups excluding carboxylic acids is 1. The summed E-state index contributed by atoms with van der Waals surface area (Å²) in [7, 11) is 1.60. The Morgan fingerprint density at radius 1 is 0.900 bits per heavy atom. The molecule has 0 saturated carbocycles. The first-order chi connectivity index (χ1) is 14.5. The third kappa shape index (κ3) is 5.42. The van der Waals surface area contributed by atoms with E-state index in [4.69, 9.17) is 4.74 Å². The Morgan fingerprint density at radius 2 is 1.53 bits per heavy atom. The number of carbonyl (C=O) groups is 1. The zero-order valence-corrected chi connectivity index (χ0v) is 16.9. The van der Waals surface area contributed by atoms with Crippen LogP contribution in [0.2, 0.25) is 0 Å². The second-order valence-corrected chi connectivity index (χ2v) is 6.96. The summed E-state index contributed by atoms with van der Waals surface area (Å²) in [4.78, 5) is 12.6. The predicted molar refractivity (Wildman–Crippen MR) is 112 cm³/mol. The minimum absolute atomic E-state index is 0.0274. The van der Waals surface area contributed by atoms with Gasteiger partial charge in [-0.1, -0.05) is 48.5 Å². The Kier molecular flexibility index (Phi) is 7.14. The smallest absolute Gasteiger partial charge is 0.234 e. The highest BCUT2D eigenvalue weighted by molar-refractivity contribution is 5.79. The van der Waals surface area contributed by atoms with Crippen LogP contribution in [0.1, 0.15) is 35.7 Å². The number of halogens is 2. The summed E-state index contributed by atoms with van der Waals surface area (Å²) < 4.78 is 31.8. The van der Waals surface area contributed by atoms with Gasteiger partial charge in [-0.15, -0.1) is 0 Å². The number of rotatable bonds is 8. The maximum absolute atomic E-state index is 13.4. The molecule has 0 heterocycles. The number of hydrogen-bond acceptors (Lipinski definition) is 3. The summed E-state index contributed by atoms with van der Waals surface area (Å²) in [6.07, 6.45) is 0. The molecule has 0 aliphatic carbocycles. The normalized spacial score (nSPS) is 12.8. The van der Waals surface area contributed by atoms with Gasteiger partial charge in [-0.3, -0.25) is 4.79 Å². The molecule has 3 aromatic rings. The van der Waals surface area contributed by atoms with Crippen molar-refractivity contribution in [1.29, 1.82) is 0 Å². The van der Waals surface area contributed by atoms with Crippen LogP contribution in [0, 0.1) is 11.6 Å². The van der Waals surface area contributed by atoms with E-state index in [0.29, 0.717) is 5.56 Å². The van der Waals surface area contributed by atoms with Crippen molar-refractivity contribution in [2.45, 2.75) is 19.0 Å². The van der Waals surface area contributed by atoms with Gasteiger partial charge in [-0.25, -0.2) is 8.78 Å². The van der Waals surface area contributed by atoms with Crippen LogP contribution in [0.3, 0.4) is 0 Å². The average molecular weight is 410 g/mol. The fraction of sp³-hybridized carbons (Fsp3) is 0.208. The van der Waals surface area contributed by atoms with Crippen LogP contribution in [0.25, 0.3) is 0 Å². The summed E-state index contributed by atoms with van der Waals surface area (Å²) in [5, 5.41) is 6.09. The van der Waals surface area contributed by atoms with E-state index >= 15 is 0 Å². The summed E-state index contributed by atoms with van der Waals surface area (Å²) >= 11 is 0. The Balaban J connectivity index is 1.69. The molecule has 2 N–H and O–H groups in total. The highest BCUT2D eigenvalue weighted by Gasteiger charge is 2.18. The largest absolute Gasteiger partial charge is 0.497 e. The van der Waals surface area contributed by atoms with Crippen LogP contribution in [-0.2, 0) is 4.79 Å². The van der Waals surface area contributed by atoms with Crippen molar-refractivity contribution in [3.63, 3.8) is 0 Å². The van der Waals surface area contributed by atoms with Crippen LogP contribution in [0.4, 0.5) is 8.78 Å². The zero-order chi connectivity index (χ0) is 21.5. The van der Waals surface area contributed by atoms with Gasteiger partial charge in [0.25, 0.3) is 0 Å². The molecule has 0 aromatic heterocycles. The highest BCUT2D eigenvalue weighted by atomic mass is 19.2. The summed E-state index contributed by atoms with van der Waals surface area (Å²) in [5.74, 6) is -1.28. The minimum atomic E-state index is -0.908. The second kappa shape index (κ2) is 9.98. The first-order valence-corrected chi connectivity index (χ1v) is 9.64. The molecule has 30 heavy (non-hydrogen) atoms. The number of methoxy groups -OCH3 is 1. The van der Waals surface area contributed by atoms with E-state index in [1.165, 1.54) is 6.07 Å². The molecule has 6 heteroatoms. The van der Waals surface area contributed by atoms with Gasteiger partial charge >= 0.3 is 0 Å². The number of benzene rings is 3. The molecule has 0 fully saturated rings. The molecule has 0 aliphatic heterocycles. The van der Waals surface area contributed by atoms with Crippen molar-refractivity contribution in [1.82, 2.24) is 10.6 Å². The number of nitrogens with one attached hydrogen (secondary N) is 2. The van der Waals surface area contributed by atoms with Crippen molar-refractivity contribution in [2.24, 2.45) is 0 Å². The molecule has 0 radical (unpaired) electrons. The fourth-order valence-corrected chi connectivity index (χ4v) is 3.16. The first kappa shape index (κ1) is 21.5. The maximum Gasteiger partial charge on any atom is 0.234 e. The molecule has 0 spiro atoms. The summed E-state index contributed by atoms with van der Waals surface area (Å²) in [6.45, 7) is 1.82. The van der Waals surface area contributed by atoms with Crippen molar-refractivity contribution < 1.29 is 18.3 Å². The molecule has 0 aliphatic rings. The lowest BCUT2D eigenvalue weighted by molar-refractivity contribution is -0.120. The molecule has 4 nitrogen and oxygen atoms in total. The Labute approximate surface area is 174 Å². The van der Waals surface area contributed by atoms with Crippen LogP contribution in [-0.4, -0.2) is 19.6 Å². The van der Waals surface area contributed by atoms with Gasteiger partial charge < -0.3 is 15.4 Å². The van der Waals surface area contributed by atoms with Crippen LogP contribution in [0.5, 0.6) is 5.75 Å². The lowest BCUT2D eigenvalue weighted by Crippen LogP contribution is -2.37. The van der Waals surface area contributed by atoms with Crippen molar-refractivity contribution in [3.05, 3.63) is 101 Å². The molecule has 2 atom stereocenters. The Morgan fingerprint density at radius 3 is 2.17 bits per heavy atom. The SMILES string of the molecule is COc1ccc([C@@H](NC(=O)CN[C@@H](C)c2ccc(F)c(F)c2)c2ccccc2)cc1. The van der Waals surface area contributed by atoms with Gasteiger partial charge in [0.15, 0.2) is 11.6 Å². The molecule has 1 amide bonds. The van der Waals surface area contributed by atoms with E-state index in [1.807, 2.05) is 54.6 Å². The second-order valence-electron chi connectivity index (χ2n) is 6.96. The summed E-state index contributed by atoms with van der Waals surface area (Å²) in [6, 6.07) is 20.2. The van der Waals surface area contributed by atoms with Gasteiger partial charge in [-0.05, 0) is 47.9 Å². The van der Waals surface area contributed by atoms with E-state index < -0.39 is 11.6 Å². The van der Waals surface area contributed by atoms with Gasteiger partial charge in [0, 0.05) is 6.04 Å². The highest BCUT2D eigenvalue weighted by Crippen LogP contribution is 2.24. The van der Waals surface area contributed by atoms with Gasteiger partial charge in [0.1, 0.15) is 5.75 Å². The zero-order valence-electron chi connectivity index (χ0n) is 16.9. The van der Waals surface area contributed by atoms with Crippen LogP contribution < -0.4 is 15.4 Å². The van der Waals surface area contributed by atoms with E-state index in [2.05, 4.69) is 10.6 Å². The molecule has 0 bridgehead atoms. The van der Waals surface area contributed by atoms with Gasteiger partial charge in [0.05, 0.1) is 19.7 Å². The molecule has 0 saturated heterocycles. The predicted octanol–water partition coefficient (Wildman–Crippen LogP) is 4.53. The average Bonchev–Trinajstić information content (AvgIpc) is 2.78. The topological polar surface area (TPSA) is 50.4 Å². The summed E-state index contributed by atoms with van der Waals surface area (Å²) in [5.41, 5.74) is 2.44. The quantitative estimate of drug-likeness (QED) is 0.574. The molecular formula is C24H24F2N2O2. The van der Waals surface area contributed by atoms with Crippen molar-refractivity contribution >= 4 is 5.91 Å². The lowest BCUT2D eigenvalue weighted by Gasteiger charge is -2.21. The molecule has 156 valence electrons. The van der Waals surface area contributed by atoms with E-state index in [1.54, 1.807) is 14.0 Å².